The van der Waals surface area contributed by atoms with Crippen LogP contribution in [-0.2, 0) is 10.6 Å². The molecule has 0 saturated heterocycles. The number of rotatable bonds is 5. The van der Waals surface area contributed by atoms with Gasteiger partial charge in [0, 0.05) is 11.9 Å². The number of carbonyl (C=O) groups excluding carboxylic acids is 1. The number of methoxy groups -OCH3 is 1. The summed E-state index contributed by atoms with van der Waals surface area (Å²) in [6.07, 6.45) is 0. The highest BCUT2D eigenvalue weighted by Crippen LogP contribution is 2.32. The molecule has 0 aliphatic rings. The fourth-order valence-electron chi connectivity index (χ4n) is 1.37. The molecule has 0 bridgehead atoms. The minimum Gasteiger partial charge on any atom is -0.465 e. The van der Waals surface area contributed by atoms with Gasteiger partial charge >= 0.3 is 12.6 Å². The molecule has 0 saturated carbocycles. The molecule has 1 rings (SSSR count). The summed E-state index contributed by atoms with van der Waals surface area (Å²) in [7, 11) is 0.966. The minimum atomic E-state index is -3.24. The van der Waals surface area contributed by atoms with Crippen LogP contribution in [0.15, 0.2) is 12.1 Å². The Kier molecular flexibility index (Phi) is 4.99. The Balaban J connectivity index is 3.51. The molecule has 0 fully saturated rings. The van der Waals surface area contributed by atoms with Gasteiger partial charge in [0.25, 0.3) is 5.69 Å². The SMILES string of the molecule is COC(=O)c1c(OC(F)F)cc(CCl)cc1[N+](=O)[O-]. The number of benzene rings is 1. The van der Waals surface area contributed by atoms with Gasteiger partial charge in [-0.2, -0.15) is 8.78 Å². The van der Waals surface area contributed by atoms with Crippen molar-refractivity contribution >= 4 is 23.3 Å². The van der Waals surface area contributed by atoms with Gasteiger partial charge in [0.05, 0.1) is 12.0 Å². The second-order valence-corrected chi connectivity index (χ2v) is 3.52. The monoisotopic (exact) mass is 295 g/mol. The van der Waals surface area contributed by atoms with E-state index in [2.05, 4.69) is 9.47 Å². The summed E-state index contributed by atoms with van der Waals surface area (Å²) < 4.78 is 32.9. The van der Waals surface area contributed by atoms with Crippen LogP contribution in [0.5, 0.6) is 5.75 Å². The van der Waals surface area contributed by atoms with Crippen LogP contribution in [-0.4, -0.2) is 24.6 Å². The number of nitro groups is 1. The molecule has 0 spiro atoms. The highest BCUT2D eigenvalue weighted by molar-refractivity contribution is 6.17. The Bertz CT molecular complexity index is 509. The van der Waals surface area contributed by atoms with Crippen LogP contribution in [0.1, 0.15) is 15.9 Å². The Morgan fingerprint density at radius 1 is 1.53 bits per heavy atom. The van der Waals surface area contributed by atoms with E-state index in [4.69, 9.17) is 11.6 Å². The molecule has 0 aliphatic carbocycles. The van der Waals surface area contributed by atoms with Crippen LogP contribution in [0.2, 0.25) is 0 Å². The quantitative estimate of drug-likeness (QED) is 0.361. The van der Waals surface area contributed by atoms with Crippen LogP contribution in [0, 0.1) is 10.1 Å². The van der Waals surface area contributed by atoms with E-state index in [0.717, 1.165) is 19.2 Å². The van der Waals surface area contributed by atoms with Gasteiger partial charge in [-0.05, 0) is 11.6 Å². The molecule has 6 nitrogen and oxygen atoms in total. The van der Waals surface area contributed by atoms with Gasteiger partial charge in [-0.1, -0.05) is 0 Å². The fourth-order valence-corrected chi connectivity index (χ4v) is 1.53. The number of alkyl halides is 3. The zero-order valence-corrected chi connectivity index (χ0v) is 10.3. The molecule has 0 aliphatic heterocycles. The van der Waals surface area contributed by atoms with Gasteiger partial charge in [0.15, 0.2) is 5.56 Å². The molecule has 0 atom stereocenters. The third kappa shape index (κ3) is 3.50. The maximum Gasteiger partial charge on any atom is 0.387 e. The number of nitrogens with zero attached hydrogens (tertiary/aromatic N) is 1. The van der Waals surface area contributed by atoms with Gasteiger partial charge in [-0.15, -0.1) is 11.6 Å². The number of nitro benzene ring substituents is 1. The number of ether oxygens (including phenoxy) is 2. The maximum atomic E-state index is 12.3. The first-order valence-electron chi connectivity index (χ1n) is 4.81. The van der Waals surface area contributed by atoms with Crippen LogP contribution < -0.4 is 4.74 Å². The van der Waals surface area contributed by atoms with E-state index in [1.54, 1.807) is 0 Å². The smallest absolute Gasteiger partial charge is 0.387 e. The molecule has 1 aromatic carbocycles. The lowest BCUT2D eigenvalue weighted by Gasteiger charge is -2.11. The molecule has 19 heavy (non-hydrogen) atoms. The first kappa shape index (κ1) is 15.1. The van der Waals surface area contributed by atoms with Crippen molar-refractivity contribution in [3.05, 3.63) is 33.4 Å². The second-order valence-electron chi connectivity index (χ2n) is 3.25. The molecule has 0 aromatic heterocycles. The second kappa shape index (κ2) is 6.28. The Hall–Kier alpha value is -1.96. The lowest BCUT2D eigenvalue weighted by molar-refractivity contribution is -0.385. The lowest BCUT2D eigenvalue weighted by Crippen LogP contribution is -2.12. The summed E-state index contributed by atoms with van der Waals surface area (Å²) in [6.45, 7) is -3.24. The highest BCUT2D eigenvalue weighted by atomic mass is 35.5. The normalized spacial score (nSPS) is 10.4. The fraction of sp³-hybridized carbons (Fsp3) is 0.300. The van der Waals surface area contributed by atoms with Crippen molar-refractivity contribution in [3.63, 3.8) is 0 Å². The standard InChI is InChI=1S/C10H8ClF2NO5/c1-18-9(15)8-6(14(16)17)2-5(4-11)3-7(8)19-10(12)13/h2-3,10H,4H2,1H3. The van der Waals surface area contributed by atoms with Crippen LogP contribution in [0.4, 0.5) is 14.5 Å². The van der Waals surface area contributed by atoms with E-state index in [9.17, 15) is 23.7 Å². The number of halogens is 3. The third-order valence-electron chi connectivity index (χ3n) is 2.10. The third-order valence-corrected chi connectivity index (χ3v) is 2.41. The topological polar surface area (TPSA) is 78.7 Å². The molecule has 0 radical (unpaired) electrons. The summed E-state index contributed by atoms with van der Waals surface area (Å²) in [5.74, 6) is -1.96. The molecular formula is C10H8ClF2NO5. The van der Waals surface area contributed by atoms with Gasteiger partial charge in [0.1, 0.15) is 5.75 Å². The largest absolute Gasteiger partial charge is 0.465 e. The van der Waals surface area contributed by atoms with E-state index in [1.165, 1.54) is 0 Å². The zero-order valence-electron chi connectivity index (χ0n) is 9.56. The first-order valence-corrected chi connectivity index (χ1v) is 5.34. The van der Waals surface area contributed by atoms with E-state index in [0.29, 0.717) is 0 Å². The number of carbonyl (C=O) groups is 1. The van der Waals surface area contributed by atoms with Crippen molar-refractivity contribution < 1.29 is 28.0 Å². The van der Waals surface area contributed by atoms with Gasteiger partial charge in [-0.3, -0.25) is 10.1 Å². The number of hydrogen-bond acceptors (Lipinski definition) is 5. The number of hydrogen-bond donors (Lipinski definition) is 0. The Labute approximate surface area is 111 Å². The zero-order chi connectivity index (χ0) is 14.6. The average Bonchev–Trinajstić information content (AvgIpc) is 2.36. The lowest BCUT2D eigenvalue weighted by atomic mass is 10.1. The molecule has 104 valence electrons. The summed E-state index contributed by atoms with van der Waals surface area (Å²) in [4.78, 5) is 21.4. The van der Waals surface area contributed by atoms with Gasteiger partial charge in [-0.25, -0.2) is 4.79 Å². The maximum absolute atomic E-state index is 12.3. The Morgan fingerprint density at radius 2 is 2.16 bits per heavy atom. The highest BCUT2D eigenvalue weighted by Gasteiger charge is 2.28. The van der Waals surface area contributed by atoms with Gasteiger partial charge < -0.3 is 9.47 Å². The first-order chi connectivity index (χ1) is 8.90. The average molecular weight is 296 g/mol. The summed E-state index contributed by atoms with van der Waals surface area (Å²) in [5, 5.41) is 10.9. The molecule has 0 amide bonds. The van der Waals surface area contributed by atoms with Crippen molar-refractivity contribution in [1.82, 2.24) is 0 Å². The van der Waals surface area contributed by atoms with Crippen LogP contribution >= 0.6 is 11.6 Å². The van der Waals surface area contributed by atoms with E-state index >= 15 is 0 Å². The molecule has 9 heteroatoms. The van der Waals surface area contributed by atoms with Gasteiger partial charge in [0.2, 0.25) is 0 Å². The summed E-state index contributed by atoms with van der Waals surface area (Å²) >= 11 is 5.50. The van der Waals surface area contributed by atoms with Crippen LogP contribution in [0.3, 0.4) is 0 Å². The van der Waals surface area contributed by atoms with Crippen molar-refractivity contribution in [2.24, 2.45) is 0 Å². The van der Waals surface area contributed by atoms with Crippen molar-refractivity contribution in [2.75, 3.05) is 7.11 Å². The van der Waals surface area contributed by atoms with E-state index in [1.807, 2.05) is 0 Å². The summed E-state index contributed by atoms with van der Waals surface area (Å²) in [6, 6.07) is 2.02. The Morgan fingerprint density at radius 3 is 2.58 bits per heavy atom. The van der Waals surface area contributed by atoms with Crippen LogP contribution in [0.25, 0.3) is 0 Å². The predicted molar refractivity (Wildman–Crippen MR) is 60.6 cm³/mol. The van der Waals surface area contributed by atoms with Crippen molar-refractivity contribution in [2.45, 2.75) is 12.5 Å². The molecule has 0 N–H and O–H groups in total. The van der Waals surface area contributed by atoms with E-state index in [-0.39, 0.29) is 11.4 Å². The molecule has 1 aromatic rings. The molecule has 0 unspecified atom stereocenters. The minimum absolute atomic E-state index is 0.164. The van der Waals surface area contributed by atoms with Crippen molar-refractivity contribution in [3.8, 4) is 5.75 Å². The van der Waals surface area contributed by atoms with Crippen molar-refractivity contribution in [1.29, 1.82) is 0 Å². The molecule has 0 heterocycles. The molecular weight excluding hydrogens is 288 g/mol. The predicted octanol–water partition coefficient (Wildman–Crippen LogP) is 2.72. The number of esters is 1. The van der Waals surface area contributed by atoms with E-state index < -0.39 is 34.5 Å². The summed E-state index contributed by atoms with van der Waals surface area (Å²) in [5.41, 5.74) is -1.22.